The van der Waals surface area contributed by atoms with Gasteiger partial charge < -0.3 is 28.5 Å². The Morgan fingerprint density at radius 1 is 0.833 bits per heavy atom. The van der Waals surface area contributed by atoms with Gasteiger partial charge in [-0.05, 0) is 58.0 Å². The van der Waals surface area contributed by atoms with Crippen LogP contribution in [0.1, 0.15) is 53.2 Å². The molecule has 0 saturated heterocycles. The molecule has 250 valence electrons. The molecule has 2 N–H and O–H groups in total. The summed E-state index contributed by atoms with van der Waals surface area (Å²) >= 11 is 0. The van der Waals surface area contributed by atoms with Crippen molar-refractivity contribution in [3.63, 3.8) is 0 Å². The third-order valence-electron chi connectivity index (χ3n) is 8.62. The number of carbonyl (C=O) groups is 1. The summed E-state index contributed by atoms with van der Waals surface area (Å²) in [7, 11) is 3.81. The van der Waals surface area contributed by atoms with Crippen molar-refractivity contribution >= 4 is 28.0 Å². The van der Waals surface area contributed by atoms with Crippen molar-refractivity contribution in [2.75, 3.05) is 0 Å². The van der Waals surface area contributed by atoms with Crippen LogP contribution in [0.3, 0.4) is 0 Å². The topological polar surface area (TPSA) is 138 Å². The van der Waals surface area contributed by atoms with Gasteiger partial charge in [0.2, 0.25) is 11.2 Å². The molecule has 0 aliphatic carbocycles. The first-order chi connectivity index (χ1) is 23.2. The van der Waals surface area contributed by atoms with E-state index < -0.39 is 6.23 Å². The van der Waals surface area contributed by atoms with Gasteiger partial charge in [-0.2, -0.15) is 15.2 Å². The van der Waals surface area contributed by atoms with Gasteiger partial charge in [-0.25, -0.2) is 4.99 Å². The van der Waals surface area contributed by atoms with Crippen LogP contribution in [-0.2, 0) is 46.9 Å². The summed E-state index contributed by atoms with van der Waals surface area (Å²) in [5.74, 6) is -0.353. The fraction of sp³-hybridized carbons (Fsp3) is 0.343. The maximum absolute atomic E-state index is 13.4. The first kappa shape index (κ1) is 32.7. The van der Waals surface area contributed by atoms with E-state index in [1.165, 1.54) is 0 Å². The van der Waals surface area contributed by atoms with E-state index in [2.05, 4.69) is 15.2 Å². The van der Waals surface area contributed by atoms with Gasteiger partial charge in [-0.3, -0.25) is 14.2 Å². The average molecular weight is 651 g/mol. The Morgan fingerprint density at radius 2 is 1.46 bits per heavy atom. The molecule has 0 radical (unpaired) electrons. The molecule has 1 atom stereocenters. The standard InChI is InChI=1S/C35H42N10O3/c1-7-44-29(20-23(3)38-44)32(47)36-34-40(5)26-15-9-10-16-27(26)42(34)18-11-12-19-43-31-25(22-46)14-13-17-28(31)41(6)35(43)37-33(48)30-21-24(4)39-45(30)8-2/h9-17,20-21,33,46,48H,7-8,18-19,22H2,1-6H3/b12-11+,36-34+,37-35+. The molecule has 6 rings (SSSR count). The van der Waals surface area contributed by atoms with Crippen LogP contribution >= 0.6 is 0 Å². The zero-order valence-corrected chi connectivity index (χ0v) is 28.2. The van der Waals surface area contributed by atoms with Gasteiger partial charge in [0.15, 0.2) is 6.23 Å². The number of nitrogens with zero attached hydrogens (tertiary/aromatic N) is 10. The maximum atomic E-state index is 13.4. The van der Waals surface area contributed by atoms with Crippen molar-refractivity contribution in [2.45, 2.75) is 66.7 Å². The van der Waals surface area contributed by atoms with Crippen LogP contribution in [-0.4, -0.2) is 53.9 Å². The smallest absolute Gasteiger partial charge is 0.298 e. The number of aliphatic hydroxyl groups is 2. The molecular formula is C35H42N10O3. The summed E-state index contributed by atoms with van der Waals surface area (Å²) in [6, 6.07) is 17.3. The highest BCUT2D eigenvalue weighted by Gasteiger charge is 2.18. The first-order valence-electron chi connectivity index (χ1n) is 16.1. The summed E-state index contributed by atoms with van der Waals surface area (Å²) in [6.07, 6.45) is 2.91. The number of benzene rings is 2. The molecule has 1 unspecified atom stereocenters. The Morgan fingerprint density at radius 3 is 2.17 bits per heavy atom. The minimum Gasteiger partial charge on any atom is -0.392 e. The summed E-state index contributed by atoms with van der Waals surface area (Å²) in [5.41, 5.74) is 8.07. The third-order valence-corrected chi connectivity index (χ3v) is 8.62. The van der Waals surface area contributed by atoms with Crippen molar-refractivity contribution in [3.05, 3.63) is 106 Å². The van der Waals surface area contributed by atoms with E-state index in [4.69, 9.17) is 4.99 Å². The Hall–Kier alpha value is -5.27. The summed E-state index contributed by atoms with van der Waals surface area (Å²) in [6.45, 7) is 9.57. The summed E-state index contributed by atoms with van der Waals surface area (Å²) < 4.78 is 11.3. The number of aryl methyl sites for hydroxylation is 6. The quantitative estimate of drug-likeness (QED) is 0.219. The number of fused-ring (bicyclic) bond motifs is 2. The molecule has 0 aliphatic rings. The molecule has 0 bridgehead atoms. The monoisotopic (exact) mass is 650 g/mol. The van der Waals surface area contributed by atoms with Crippen LogP contribution in [0.4, 0.5) is 0 Å². The van der Waals surface area contributed by atoms with Crippen molar-refractivity contribution in [2.24, 2.45) is 24.1 Å². The molecule has 2 aromatic carbocycles. The fourth-order valence-corrected chi connectivity index (χ4v) is 6.36. The van der Waals surface area contributed by atoms with Gasteiger partial charge in [0.25, 0.3) is 5.91 Å². The molecule has 6 aromatic rings. The fourth-order valence-electron chi connectivity index (χ4n) is 6.36. The van der Waals surface area contributed by atoms with Crippen LogP contribution in [0.15, 0.2) is 76.7 Å². The van der Waals surface area contributed by atoms with Crippen LogP contribution in [0.5, 0.6) is 0 Å². The van der Waals surface area contributed by atoms with Gasteiger partial charge >= 0.3 is 0 Å². The second-order valence-corrected chi connectivity index (χ2v) is 11.8. The normalized spacial score (nSPS) is 13.6. The predicted molar refractivity (Wildman–Crippen MR) is 183 cm³/mol. The molecule has 1 amide bonds. The Labute approximate surface area is 277 Å². The second-order valence-electron chi connectivity index (χ2n) is 11.8. The number of imidazole rings is 2. The minimum absolute atomic E-state index is 0.143. The number of aromatic nitrogens is 8. The van der Waals surface area contributed by atoms with Gasteiger partial charge in [0.05, 0.1) is 45.8 Å². The maximum Gasteiger partial charge on any atom is 0.298 e. The van der Waals surface area contributed by atoms with Gasteiger partial charge in [0, 0.05) is 45.8 Å². The van der Waals surface area contributed by atoms with Crippen molar-refractivity contribution < 1.29 is 15.0 Å². The molecule has 0 aliphatic heterocycles. The Kier molecular flexibility index (Phi) is 9.16. The Balaban J connectivity index is 1.40. The lowest BCUT2D eigenvalue weighted by Gasteiger charge is -2.09. The third kappa shape index (κ3) is 5.86. The lowest BCUT2D eigenvalue weighted by atomic mass is 10.2. The van der Waals surface area contributed by atoms with E-state index >= 15 is 0 Å². The van der Waals surface area contributed by atoms with Crippen LogP contribution in [0.25, 0.3) is 22.1 Å². The largest absolute Gasteiger partial charge is 0.392 e. The average Bonchev–Trinajstić information content (AvgIpc) is 3.81. The van der Waals surface area contributed by atoms with Crippen molar-refractivity contribution in [1.82, 2.24) is 37.8 Å². The van der Waals surface area contributed by atoms with E-state index in [1.54, 1.807) is 15.4 Å². The SMILES string of the molecule is CCn1nc(C)cc1C(=O)/N=c1\n(C)c2ccccc2n1C/C=C/Cn1/c(=N/C(O)c2cc(C)nn2CC)n(C)c2cccc(CO)c21. The van der Waals surface area contributed by atoms with E-state index in [-0.39, 0.29) is 12.5 Å². The van der Waals surface area contributed by atoms with Crippen molar-refractivity contribution in [3.8, 4) is 0 Å². The Bertz CT molecular complexity index is 2300. The molecule has 13 nitrogen and oxygen atoms in total. The number of para-hydroxylation sites is 3. The summed E-state index contributed by atoms with van der Waals surface area (Å²) in [5, 5.41) is 30.4. The van der Waals surface area contributed by atoms with Crippen molar-refractivity contribution in [1.29, 1.82) is 0 Å². The van der Waals surface area contributed by atoms with E-state index in [1.807, 2.05) is 121 Å². The van der Waals surface area contributed by atoms with Gasteiger partial charge in [-0.1, -0.05) is 36.4 Å². The molecular weight excluding hydrogens is 608 g/mol. The highest BCUT2D eigenvalue weighted by Crippen LogP contribution is 2.20. The number of rotatable bonds is 10. The minimum atomic E-state index is -1.14. The number of allylic oxidation sites excluding steroid dienone is 2. The molecule has 0 spiro atoms. The summed E-state index contributed by atoms with van der Waals surface area (Å²) in [4.78, 5) is 22.8. The molecule has 4 heterocycles. The molecule has 48 heavy (non-hydrogen) atoms. The number of hydrogen-bond donors (Lipinski definition) is 2. The van der Waals surface area contributed by atoms with Gasteiger partial charge in [0.1, 0.15) is 5.69 Å². The highest BCUT2D eigenvalue weighted by molar-refractivity contribution is 5.93. The zero-order valence-electron chi connectivity index (χ0n) is 28.2. The molecule has 0 fully saturated rings. The first-order valence-corrected chi connectivity index (χ1v) is 16.1. The molecule has 4 aromatic heterocycles. The second kappa shape index (κ2) is 13.5. The predicted octanol–water partition coefficient (Wildman–Crippen LogP) is 3.40. The van der Waals surface area contributed by atoms with Gasteiger partial charge in [-0.15, -0.1) is 0 Å². The van der Waals surface area contributed by atoms with Crippen LogP contribution in [0, 0.1) is 13.8 Å². The lowest BCUT2D eigenvalue weighted by Crippen LogP contribution is -2.27. The number of aliphatic hydroxyl groups excluding tert-OH is 2. The van der Waals surface area contributed by atoms with E-state index in [9.17, 15) is 15.0 Å². The van der Waals surface area contributed by atoms with Crippen LogP contribution < -0.4 is 11.2 Å². The van der Waals surface area contributed by atoms with E-state index in [0.29, 0.717) is 48.8 Å². The lowest BCUT2D eigenvalue weighted by molar-refractivity contribution is 0.0985. The number of hydrogen-bond acceptors (Lipinski definition) is 6. The van der Waals surface area contributed by atoms with Crippen LogP contribution in [0.2, 0.25) is 0 Å². The molecule has 13 heteroatoms. The number of amides is 1. The number of carbonyl (C=O) groups excluding carboxylic acids is 1. The zero-order chi connectivity index (χ0) is 34.1. The highest BCUT2D eigenvalue weighted by atomic mass is 16.3. The molecule has 0 saturated carbocycles. The van der Waals surface area contributed by atoms with E-state index in [0.717, 1.165) is 39.0 Å².